The van der Waals surface area contributed by atoms with Gasteiger partial charge in [-0.15, -0.1) is 0 Å². The Labute approximate surface area is 61.3 Å². The second-order valence-corrected chi connectivity index (χ2v) is 2.42. The second-order valence-electron chi connectivity index (χ2n) is 2.13. The summed E-state index contributed by atoms with van der Waals surface area (Å²) in [4.78, 5) is 0. The molecule has 1 radical (unpaired) electrons. The first-order valence-electron chi connectivity index (χ1n) is 2.96. The Morgan fingerprint density at radius 3 is 2.22 bits per heavy atom. The molecule has 0 fully saturated rings. The van der Waals surface area contributed by atoms with Gasteiger partial charge in [-0.05, 0) is 12.5 Å². The van der Waals surface area contributed by atoms with Gasteiger partial charge in [0.05, 0.1) is 0 Å². The maximum absolute atomic E-state index is 4.86. The lowest BCUT2D eigenvalue weighted by Gasteiger charge is -1.93. The zero-order chi connectivity index (χ0) is 6.69. The van der Waals surface area contributed by atoms with Gasteiger partial charge in [0.2, 0.25) is 0 Å². The summed E-state index contributed by atoms with van der Waals surface area (Å²) in [5.74, 6) is 0.722. The standard InChI is InChI=1S/C8H9S/c1-7-2-4-8(6-9)5-3-7/h2-5H,6H2,1H3. The van der Waals surface area contributed by atoms with Gasteiger partial charge in [0.15, 0.2) is 0 Å². The van der Waals surface area contributed by atoms with Crippen LogP contribution in [-0.4, -0.2) is 0 Å². The molecule has 0 nitrogen and oxygen atoms in total. The van der Waals surface area contributed by atoms with Gasteiger partial charge in [0.25, 0.3) is 0 Å². The Morgan fingerprint density at radius 1 is 1.22 bits per heavy atom. The Balaban J connectivity index is 2.88. The molecule has 0 saturated carbocycles. The Hall–Kier alpha value is -0.430. The highest BCUT2D eigenvalue weighted by Gasteiger charge is 1.85. The third kappa shape index (κ3) is 1.75. The summed E-state index contributed by atoms with van der Waals surface area (Å²) in [6.07, 6.45) is 0. The van der Waals surface area contributed by atoms with Crippen LogP contribution in [0.2, 0.25) is 0 Å². The molecule has 1 aromatic rings. The summed E-state index contributed by atoms with van der Waals surface area (Å²) in [6.45, 7) is 2.08. The molecule has 0 aliphatic carbocycles. The molecule has 0 aliphatic heterocycles. The highest BCUT2D eigenvalue weighted by atomic mass is 32.1. The predicted octanol–water partition coefficient (Wildman–Crippen LogP) is 2.69. The van der Waals surface area contributed by atoms with Gasteiger partial charge in [-0.2, -0.15) is 0 Å². The number of hydrogen-bond donors (Lipinski definition) is 0. The van der Waals surface area contributed by atoms with E-state index in [0.29, 0.717) is 0 Å². The van der Waals surface area contributed by atoms with Crippen LogP contribution < -0.4 is 0 Å². The first-order valence-corrected chi connectivity index (χ1v) is 3.54. The third-order valence-corrected chi connectivity index (χ3v) is 1.62. The molecule has 0 saturated heterocycles. The molecular weight excluding hydrogens is 128 g/mol. The molecule has 0 spiro atoms. The van der Waals surface area contributed by atoms with Crippen LogP contribution in [0, 0.1) is 6.92 Å². The number of benzene rings is 1. The van der Waals surface area contributed by atoms with E-state index in [0.717, 1.165) is 5.75 Å². The van der Waals surface area contributed by atoms with Crippen LogP contribution in [-0.2, 0) is 5.75 Å². The quantitative estimate of drug-likeness (QED) is 0.558. The molecule has 1 heteroatoms. The molecule has 0 N–H and O–H groups in total. The molecule has 47 valence electrons. The fraction of sp³-hybridized carbons (Fsp3) is 0.250. The minimum absolute atomic E-state index is 0.722. The van der Waals surface area contributed by atoms with E-state index in [1.54, 1.807) is 0 Å². The minimum atomic E-state index is 0.722. The molecule has 1 rings (SSSR count). The van der Waals surface area contributed by atoms with E-state index in [2.05, 4.69) is 31.2 Å². The monoisotopic (exact) mass is 137 g/mol. The lowest BCUT2D eigenvalue weighted by atomic mass is 10.2. The van der Waals surface area contributed by atoms with E-state index < -0.39 is 0 Å². The van der Waals surface area contributed by atoms with E-state index in [1.807, 2.05) is 0 Å². The van der Waals surface area contributed by atoms with Gasteiger partial charge < -0.3 is 0 Å². The minimum Gasteiger partial charge on any atom is -0.0890 e. The van der Waals surface area contributed by atoms with E-state index in [1.165, 1.54) is 11.1 Å². The molecule has 0 heterocycles. The van der Waals surface area contributed by atoms with Gasteiger partial charge in [0, 0.05) is 5.75 Å². The van der Waals surface area contributed by atoms with Crippen molar-refractivity contribution < 1.29 is 0 Å². The van der Waals surface area contributed by atoms with Gasteiger partial charge in [-0.1, -0.05) is 42.5 Å². The number of hydrogen-bond acceptors (Lipinski definition) is 0. The van der Waals surface area contributed by atoms with Crippen LogP contribution in [0.1, 0.15) is 11.1 Å². The zero-order valence-electron chi connectivity index (χ0n) is 5.42. The van der Waals surface area contributed by atoms with Crippen LogP contribution in [0.4, 0.5) is 0 Å². The van der Waals surface area contributed by atoms with Crippen molar-refractivity contribution in [1.82, 2.24) is 0 Å². The van der Waals surface area contributed by atoms with Crippen molar-refractivity contribution in [3.05, 3.63) is 35.4 Å². The van der Waals surface area contributed by atoms with Crippen molar-refractivity contribution in [2.45, 2.75) is 12.7 Å². The van der Waals surface area contributed by atoms with Crippen molar-refractivity contribution in [2.24, 2.45) is 0 Å². The van der Waals surface area contributed by atoms with Crippen LogP contribution in [0.5, 0.6) is 0 Å². The van der Waals surface area contributed by atoms with Gasteiger partial charge in [-0.25, -0.2) is 0 Å². The van der Waals surface area contributed by atoms with Crippen molar-refractivity contribution in [3.8, 4) is 0 Å². The first-order chi connectivity index (χ1) is 4.33. The van der Waals surface area contributed by atoms with Crippen molar-refractivity contribution in [1.29, 1.82) is 0 Å². The molecule has 0 unspecified atom stereocenters. The lowest BCUT2D eigenvalue weighted by Crippen LogP contribution is -1.76. The van der Waals surface area contributed by atoms with Crippen LogP contribution in [0.25, 0.3) is 0 Å². The normalized spacial score (nSPS) is 9.56. The fourth-order valence-corrected chi connectivity index (χ4v) is 0.877. The first kappa shape index (κ1) is 6.69. The summed E-state index contributed by atoms with van der Waals surface area (Å²) in [7, 11) is 0. The summed E-state index contributed by atoms with van der Waals surface area (Å²) < 4.78 is 0. The molecule has 0 aliphatic rings. The highest BCUT2D eigenvalue weighted by molar-refractivity contribution is 7.79. The van der Waals surface area contributed by atoms with Crippen LogP contribution >= 0.6 is 12.6 Å². The molecule has 9 heavy (non-hydrogen) atoms. The Kier molecular flexibility index (Phi) is 2.17. The maximum Gasteiger partial charge on any atom is 0.0288 e. The molecular formula is C8H9S. The molecule has 0 atom stereocenters. The summed E-state index contributed by atoms with van der Waals surface area (Å²) in [6, 6.07) is 8.31. The topological polar surface area (TPSA) is 0 Å². The van der Waals surface area contributed by atoms with E-state index in [-0.39, 0.29) is 0 Å². The number of rotatable bonds is 1. The molecule has 1 aromatic carbocycles. The SMILES string of the molecule is Cc1ccc(C[S])cc1. The van der Waals surface area contributed by atoms with Gasteiger partial charge in [-0.3, -0.25) is 0 Å². The molecule has 0 aromatic heterocycles. The lowest BCUT2D eigenvalue weighted by molar-refractivity contribution is 1.37. The maximum atomic E-state index is 4.86. The average Bonchev–Trinajstić information content (AvgIpc) is 1.90. The van der Waals surface area contributed by atoms with Crippen molar-refractivity contribution >= 4 is 12.6 Å². The smallest absolute Gasteiger partial charge is 0.0288 e. The van der Waals surface area contributed by atoms with E-state index in [4.69, 9.17) is 12.6 Å². The second kappa shape index (κ2) is 2.92. The summed E-state index contributed by atoms with van der Waals surface area (Å²) in [5, 5.41) is 0. The molecule has 0 amide bonds. The molecule has 0 bridgehead atoms. The largest absolute Gasteiger partial charge is 0.0890 e. The van der Waals surface area contributed by atoms with Gasteiger partial charge >= 0.3 is 0 Å². The van der Waals surface area contributed by atoms with Crippen molar-refractivity contribution in [3.63, 3.8) is 0 Å². The summed E-state index contributed by atoms with van der Waals surface area (Å²) >= 11 is 4.86. The Bertz CT molecular complexity index is 176. The highest BCUT2D eigenvalue weighted by Crippen LogP contribution is 2.04. The number of aryl methyl sites for hydroxylation is 1. The van der Waals surface area contributed by atoms with Gasteiger partial charge in [0.1, 0.15) is 0 Å². The third-order valence-electron chi connectivity index (χ3n) is 1.29. The average molecular weight is 137 g/mol. The van der Waals surface area contributed by atoms with E-state index >= 15 is 0 Å². The predicted molar refractivity (Wildman–Crippen MR) is 42.5 cm³/mol. The van der Waals surface area contributed by atoms with E-state index in [9.17, 15) is 0 Å². The zero-order valence-corrected chi connectivity index (χ0v) is 6.24. The summed E-state index contributed by atoms with van der Waals surface area (Å²) in [5.41, 5.74) is 2.53. The van der Waals surface area contributed by atoms with Crippen LogP contribution in [0.15, 0.2) is 24.3 Å². The Morgan fingerprint density at radius 2 is 1.78 bits per heavy atom. The van der Waals surface area contributed by atoms with Crippen molar-refractivity contribution in [2.75, 3.05) is 0 Å². The van der Waals surface area contributed by atoms with Crippen LogP contribution in [0.3, 0.4) is 0 Å². The fourth-order valence-electron chi connectivity index (χ4n) is 0.684.